The van der Waals surface area contributed by atoms with Crippen LogP contribution >= 0.6 is 0 Å². The van der Waals surface area contributed by atoms with E-state index < -0.39 is 10.0 Å². The number of ether oxygens (including phenoxy) is 1. The molecule has 7 heteroatoms. The normalized spacial score (nSPS) is 26.1. The van der Waals surface area contributed by atoms with E-state index in [1.807, 2.05) is 0 Å². The molecule has 6 nitrogen and oxygen atoms in total. The zero-order chi connectivity index (χ0) is 11.6. The molecule has 1 aromatic rings. The first kappa shape index (κ1) is 11.6. The van der Waals surface area contributed by atoms with E-state index in [4.69, 9.17) is 4.74 Å². The number of rotatable bonds is 4. The quantitative estimate of drug-likeness (QED) is 0.796. The molecule has 1 fully saturated rings. The first-order valence-corrected chi connectivity index (χ1v) is 6.65. The lowest BCUT2D eigenvalue weighted by atomic mass is 10.2. The van der Waals surface area contributed by atoms with Gasteiger partial charge in [0.25, 0.3) is 10.0 Å². The Kier molecular flexibility index (Phi) is 3.27. The maximum atomic E-state index is 11.9. The Morgan fingerprint density at radius 1 is 1.56 bits per heavy atom. The Bertz CT molecular complexity index is 429. The van der Waals surface area contributed by atoms with E-state index in [2.05, 4.69) is 14.7 Å². The van der Waals surface area contributed by atoms with Crippen molar-refractivity contribution >= 4 is 10.0 Å². The molecular formula is C9H15N3O3S. The lowest BCUT2D eigenvalue weighted by molar-refractivity contribution is 0.0916. The number of nitrogens with one attached hydrogen (secondary N) is 2. The van der Waals surface area contributed by atoms with Crippen molar-refractivity contribution in [2.45, 2.75) is 36.4 Å². The van der Waals surface area contributed by atoms with Crippen LogP contribution in [0.4, 0.5) is 0 Å². The van der Waals surface area contributed by atoms with Crippen molar-refractivity contribution in [3.63, 3.8) is 0 Å². The van der Waals surface area contributed by atoms with Gasteiger partial charge in [-0.2, -0.15) is 0 Å². The molecule has 1 saturated carbocycles. The van der Waals surface area contributed by atoms with Crippen molar-refractivity contribution < 1.29 is 13.2 Å². The van der Waals surface area contributed by atoms with Crippen LogP contribution in [0.1, 0.15) is 19.3 Å². The molecule has 90 valence electrons. The summed E-state index contributed by atoms with van der Waals surface area (Å²) in [5.74, 6) is 0. The van der Waals surface area contributed by atoms with Crippen molar-refractivity contribution in [1.29, 1.82) is 0 Å². The molecule has 2 N–H and O–H groups in total. The summed E-state index contributed by atoms with van der Waals surface area (Å²) in [4.78, 5) is 6.28. The Morgan fingerprint density at radius 2 is 2.38 bits per heavy atom. The van der Waals surface area contributed by atoms with Gasteiger partial charge < -0.3 is 9.72 Å². The molecule has 1 aliphatic carbocycles. The van der Waals surface area contributed by atoms with Crippen LogP contribution in [0.3, 0.4) is 0 Å². The standard InChI is InChI=1S/C9H15N3O3S/c1-15-8-4-2-3-7(8)12-16(13,14)9-5-10-6-11-9/h5-8,12H,2-4H2,1H3,(H,10,11). The number of aromatic amines is 1. The van der Waals surface area contributed by atoms with Gasteiger partial charge in [0.2, 0.25) is 0 Å². The van der Waals surface area contributed by atoms with Crippen LogP contribution in [0.5, 0.6) is 0 Å². The van der Waals surface area contributed by atoms with E-state index >= 15 is 0 Å². The summed E-state index contributed by atoms with van der Waals surface area (Å²) in [6.45, 7) is 0. The summed E-state index contributed by atoms with van der Waals surface area (Å²) in [5.41, 5.74) is 0. The summed E-state index contributed by atoms with van der Waals surface area (Å²) in [6.07, 6.45) is 5.29. The number of aromatic nitrogens is 2. The third kappa shape index (κ3) is 2.26. The van der Waals surface area contributed by atoms with Crippen molar-refractivity contribution in [2.24, 2.45) is 0 Å². The van der Waals surface area contributed by atoms with Gasteiger partial charge in [-0.25, -0.2) is 18.1 Å². The van der Waals surface area contributed by atoms with Gasteiger partial charge in [-0.05, 0) is 19.3 Å². The minimum absolute atomic E-state index is 0.0299. The molecule has 0 bridgehead atoms. The second kappa shape index (κ2) is 4.52. The highest BCUT2D eigenvalue weighted by atomic mass is 32.2. The van der Waals surface area contributed by atoms with Crippen LogP contribution < -0.4 is 4.72 Å². The van der Waals surface area contributed by atoms with Crippen LogP contribution in [0.15, 0.2) is 17.6 Å². The maximum Gasteiger partial charge on any atom is 0.257 e. The van der Waals surface area contributed by atoms with Crippen LogP contribution in [0, 0.1) is 0 Å². The molecule has 0 aromatic carbocycles. The zero-order valence-corrected chi connectivity index (χ0v) is 9.83. The molecule has 0 aliphatic heterocycles. The van der Waals surface area contributed by atoms with Gasteiger partial charge in [0, 0.05) is 13.2 Å². The van der Waals surface area contributed by atoms with Crippen molar-refractivity contribution in [3.05, 3.63) is 12.5 Å². The van der Waals surface area contributed by atoms with Crippen molar-refractivity contribution in [1.82, 2.24) is 14.7 Å². The van der Waals surface area contributed by atoms with Crippen molar-refractivity contribution in [3.8, 4) is 0 Å². The highest BCUT2D eigenvalue weighted by Gasteiger charge is 2.31. The summed E-state index contributed by atoms with van der Waals surface area (Å²) in [5, 5.41) is 0.0919. The number of methoxy groups -OCH3 is 1. The SMILES string of the molecule is COC1CCCC1NS(=O)(=O)c1cnc[nH]1. The fourth-order valence-corrected chi connectivity index (χ4v) is 3.20. The van der Waals surface area contributed by atoms with Gasteiger partial charge in [-0.15, -0.1) is 0 Å². The van der Waals surface area contributed by atoms with E-state index in [1.54, 1.807) is 7.11 Å². The predicted octanol–water partition coefficient (Wildman–Crippen LogP) is 0.255. The summed E-state index contributed by atoms with van der Waals surface area (Å²) in [6, 6.07) is -0.140. The van der Waals surface area contributed by atoms with E-state index in [0.29, 0.717) is 0 Å². The third-order valence-electron chi connectivity index (χ3n) is 2.82. The Balaban J connectivity index is 2.10. The molecule has 1 heterocycles. The average molecular weight is 245 g/mol. The molecular weight excluding hydrogens is 230 g/mol. The largest absolute Gasteiger partial charge is 0.380 e. The number of imidazole rings is 1. The first-order valence-electron chi connectivity index (χ1n) is 5.17. The van der Waals surface area contributed by atoms with E-state index in [9.17, 15) is 8.42 Å². The summed E-state index contributed by atoms with van der Waals surface area (Å²) in [7, 11) is -1.89. The van der Waals surface area contributed by atoms with Gasteiger partial charge >= 0.3 is 0 Å². The zero-order valence-electron chi connectivity index (χ0n) is 9.01. The second-order valence-electron chi connectivity index (χ2n) is 3.85. The van der Waals surface area contributed by atoms with E-state index in [0.717, 1.165) is 19.3 Å². The Labute approximate surface area is 94.5 Å². The molecule has 16 heavy (non-hydrogen) atoms. The first-order chi connectivity index (χ1) is 7.63. The van der Waals surface area contributed by atoms with Crippen molar-refractivity contribution in [2.75, 3.05) is 7.11 Å². The molecule has 0 spiro atoms. The van der Waals surface area contributed by atoms with Gasteiger partial charge in [0.05, 0.1) is 18.6 Å². The number of hydrogen-bond donors (Lipinski definition) is 2. The van der Waals surface area contributed by atoms with E-state index in [1.165, 1.54) is 12.5 Å². The van der Waals surface area contributed by atoms with Crippen LogP contribution in [0.2, 0.25) is 0 Å². The Morgan fingerprint density at radius 3 is 3.00 bits per heavy atom. The minimum Gasteiger partial charge on any atom is -0.380 e. The highest BCUT2D eigenvalue weighted by molar-refractivity contribution is 7.89. The highest BCUT2D eigenvalue weighted by Crippen LogP contribution is 2.22. The maximum absolute atomic E-state index is 11.9. The topological polar surface area (TPSA) is 84.1 Å². The van der Waals surface area contributed by atoms with Crippen LogP contribution in [-0.4, -0.2) is 37.6 Å². The molecule has 0 radical (unpaired) electrons. The number of sulfonamides is 1. The predicted molar refractivity (Wildman–Crippen MR) is 57.3 cm³/mol. The molecule has 2 rings (SSSR count). The monoisotopic (exact) mass is 245 g/mol. The smallest absolute Gasteiger partial charge is 0.257 e. The minimum atomic E-state index is -3.49. The van der Waals surface area contributed by atoms with Gasteiger partial charge in [0.15, 0.2) is 5.03 Å². The lowest BCUT2D eigenvalue weighted by Gasteiger charge is -2.18. The number of hydrogen-bond acceptors (Lipinski definition) is 4. The van der Waals surface area contributed by atoms with Gasteiger partial charge in [-0.3, -0.25) is 0 Å². The molecule has 1 aliphatic rings. The van der Waals surface area contributed by atoms with E-state index in [-0.39, 0.29) is 17.2 Å². The number of nitrogens with zero attached hydrogens (tertiary/aromatic N) is 1. The molecule has 1 aromatic heterocycles. The fourth-order valence-electron chi connectivity index (χ4n) is 2.00. The van der Waals surface area contributed by atoms with Crippen LogP contribution in [-0.2, 0) is 14.8 Å². The third-order valence-corrected chi connectivity index (χ3v) is 4.24. The number of H-pyrrole nitrogens is 1. The van der Waals surface area contributed by atoms with Crippen LogP contribution in [0.25, 0.3) is 0 Å². The van der Waals surface area contributed by atoms with Gasteiger partial charge in [-0.1, -0.05) is 0 Å². The Hall–Kier alpha value is -0.920. The second-order valence-corrected chi connectivity index (χ2v) is 5.53. The fraction of sp³-hybridized carbons (Fsp3) is 0.667. The average Bonchev–Trinajstić information content (AvgIpc) is 2.86. The molecule has 2 atom stereocenters. The summed E-state index contributed by atoms with van der Waals surface area (Å²) < 4.78 is 31.6. The van der Waals surface area contributed by atoms with Gasteiger partial charge in [0.1, 0.15) is 0 Å². The molecule has 2 unspecified atom stereocenters. The summed E-state index contributed by atoms with van der Waals surface area (Å²) >= 11 is 0. The molecule has 0 amide bonds. The lowest BCUT2D eigenvalue weighted by Crippen LogP contribution is -2.40. The molecule has 0 saturated heterocycles.